The molecule has 0 saturated carbocycles. The van der Waals surface area contributed by atoms with Gasteiger partial charge in [-0.25, -0.2) is 16.8 Å². The Hall–Kier alpha value is -1.10. The second kappa shape index (κ2) is 4.78. The fourth-order valence-corrected chi connectivity index (χ4v) is 4.91. The van der Waals surface area contributed by atoms with Crippen LogP contribution in [-0.4, -0.2) is 26.9 Å². The third kappa shape index (κ3) is 3.08. The van der Waals surface area contributed by atoms with Crippen LogP contribution in [0.5, 0.6) is 5.75 Å². The van der Waals surface area contributed by atoms with E-state index in [4.69, 9.17) is 21.4 Å². The van der Waals surface area contributed by atoms with Gasteiger partial charge in [0.15, 0.2) is 4.90 Å². The zero-order chi connectivity index (χ0) is 15.2. The summed E-state index contributed by atoms with van der Waals surface area (Å²) in [4.78, 5) is 7.16. The van der Waals surface area contributed by atoms with E-state index in [9.17, 15) is 32.1 Å². The van der Waals surface area contributed by atoms with Crippen molar-refractivity contribution in [2.24, 2.45) is 0 Å². The number of rotatable bonds is 3. The zero-order valence-electron chi connectivity index (χ0n) is 8.99. The van der Waals surface area contributed by atoms with Crippen LogP contribution in [0.15, 0.2) is 15.9 Å². The molecule has 1 rings (SSSR count). The molecule has 0 bridgehead atoms. The molecule has 0 amide bonds. The van der Waals surface area contributed by atoms with Gasteiger partial charge in [-0.3, -0.25) is 10.1 Å². The SMILES string of the molecule is Cc1c(O)cc([N+](=O)[O-])c(S(=O)(=O)Cl)c1S(=O)(=O)Cl. The average Bonchev–Trinajstić information content (AvgIpc) is 2.17. The Balaban J connectivity index is 4.16. The van der Waals surface area contributed by atoms with Crippen molar-refractivity contribution in [2.75, 3.05) is 0 Å². The minimum absolute atomic E-state index is 0.458. The molecule has 0 aliphatic rings. The molecule has 19 heavy (non-hydrogen) atoms. The van der Waals surface area contributed by atoms with Gasteiger partial charge in [0.25, 0.3) is 23.8 Å². The maximum absolute atomic E-state index is 11.4. The molecule has 0 fully saturated rings. The van der Waals surface area contributed by atoms with E-state index in [1.54, 1.807) is 0 Å². The van der Waals surface area contributed by atoms with Gasteiger partial charge in [-0.05, 0) is 6.92 Å². The lowest BCUT2D eigenvalue weighted by Crippen LogP contribution is -2.08. The van der Waals surface area contributed by atoms with Crippen LogP contribution in [0.3, 0.4) is 0 Å². The lowest BCUT2D eigenvalue weighted by atomic mass is 10.2. The van der Waals surface area contributed by atoms with Crippen molar-refractivity contribution in [3.8, 4) is 5.75 Å². The Kier molecular flexibility index (Phi) is 4.01. The normalized spacial score (nSPS) is 12.4. The third-order valence-electron chi connectivity index (χ3n) is 2.12. The fraction of sp³-hybridized carbons (Fsp3) is 0.143. The molecular formula is C7H5Cl2NO7S2. The average molecular weight is 350 g/mol. The maximum Gasteiger partial charge on any atom is 0.294 e. The van der Waals surface area contributed by atoms with Gasteiger partial charge in [-0.1, -0.05) is 0 Å². The quantitative estimate of drug-likeness (QED) is 0.496. The number of benzene rings is 1. The number of aromatic hydroxyl groups is 1. The van der Waals surface area contributed by atoms with Crippen molar-refractivity contribution < 1.29 is 26.9 Å². The molecule has 106 valence electrons. The Morgan fingerprint density at radius 2 is 1.58 bits per heavy atom. The summed E-state index contributed by atoms with van der Waals surface area (Å²) in [6.07, 6.45) is 0. The van der Waals surface area contributed by atoms with E-state index < -0.39 is 49.8 Å². The molecule has 0 aliphatic heterocycles. The molecule has 0 unspecified atom stereocenters. The lowest BCUT2D eigenvalue weighted by molar-refractivity contribution is -0.388. The number of nitrogens with zero attached hydrogens (tertiary/aromatic N) is 1. The number of halogens is 2. The van der Waals surface area contributed by atoms with Gasteiger partial charge in [0, 0.05) is 26.9 Å². The molecule has 0 atom stereocenters. The number of phenols is 1. The predicted molar refractivity (Wildman–Crippen MR) is 65.6 cm³/mol. The Morgan fingerprint density at radius 3 is 1.89 bits per heavy atom. The molecule has 0 radical (unpaired) electrons. The standard InChI is InChI=1S/C7H5Cl2NO7S2/c1-3-5(11)2-4(10(12)13)7(19(9,16)17)6(3)18(8,14)15/h2,11H,1H3. The zero-order valence-corrected chi connectivity index (χ0v) is 12.1. The van der Waals surface area contributed by atoms with Gasteiger partial charge in [-0.15, -0.1) is 0 Å². The van der Waals surface area contributed by atoms with Crippen LogP contribution < -0.4 is 0 Å². The molecule has 1 aromatic rings. The second-order valence-corrected chi connectivity index (χ2v) is 8.34. The van der Waals surface area contributed by atoms with Gasteiger partial charge in [0.2, 0.25) is 0 Å². The number of nitro benzene ring substituents is 1. The number of hydrogen-bond acceptors (Lipinski definition) is 7. The summed E-state index contributed by atoms with van der Waals surface area (Å²) in [6.45, 7) is 1.03. The summed E-state index contributed by atoms with van der Waals surface area (Å²) < 4.78 is 45.4. The Morgan fingerprint density at radius 1 is 1.16 bits per heavy atom. The highest BCUT2D eigenvalue weighted by Gasteiger charge is 2.36. The summed E-state index contributed by atoms with van der Waals surface area (Å²) in [5.41, 5.74) is -1.64. The maximum atomic E-state index is 11.4. The second-order valence-electron chi connectivity index (χ2n) is 3.33. The smallest absolute Gasteiger partial charge is 0.294 e. The first-order valence-corrected chi connectivity index (χ1v) is 8.89. The minimum atomic E-state index is -4.78. The van der Waals surface area contributed by atoms with E-state index in [0.29, 0.717) is 6.07 Å². The number of nitro groups is 1. The molecule has 0 aliphatic carbocycles. The van der Waals surface area contributed by atoms with E-state index in [-0.39, 0.29) is 0 Å². The first-order valence-electron chi connectivity index (χ1n) is 4.27. The summed E-state index contributed by atoms with van der Waals surface area (Å²) in [5, 5.41) is 20.2. The molecule has 0 heterocycles. The first kappa shape index (κ1) is 16.0. The van der Waals surface area contributed by atoms with E-state index >= 15 is 0 Å². The summed E-state index contributed by atoms with van der Waals surface area (Å²) >= 11 is 0. The van der Waals surface area contributed by atoms with Crippen molar-refractivity contribution in [3.05, 3.63) is 21.7 Å². The molecule has 0 spiro atoms. The van der Waals surface area contributed by atoms with Gasteiger partial charge >= 0.3 is 0 Å². The van der Waals surface area contributed by atoms with Crippen LogP contribution in [-0.2, 0) is 18.1 Å². The van der Waals surface area contributed by atoms with Crippen molar-refractivity contribution in [1.82, 2.24) is 0 Å². The van der Waals surface area contributed by atoms with Crippen LogP contribution >= 0.6 is 21.4 Å². The monoisotopic (exact) mass is 349 g/mol. The van der Waals surface area contributed by atoms with Crippen LogP contribution in [0.25, 0.3) is 0 Å². The van der Waals surface area contributed by atoms with Gasteiger partial charge in [0.05, 0.1) is 11.0 Å². The number of hydrogen-bond donors (Lipinski definition) is 1. The minimum Gasteiger partial charge on any atom is -0.507 e. The summed E-state index contributed by atoms with van der Waals surface area (Å²) in [6, 6.07) is 0.482. The highest BCUT2D eigenvalue weighted by Crippen LogP contribution is 2.40. The lowest BCUT2D eigenvalue weighted by Gasteiger charge is -2.09. The van der Waals surface area contributed by atoms with E-state index in [1.165, 1.54) is 0 Å². The predicted octanol–water partition coefficient (Wildman–Crippen LogP) is 1.46. The Bertz CT molecular complexity index is 769. The van der Waals surface area contributed by atoms with Gasteiger partial charge in [-0.2, -0.15) is 0 Å². The highest BCUT2D eigenvalue weighted by atomic mass is 35.7. The Labute approximate surface area is 116 Å². The van der Waals surface area contributed by atoms with E-state index in [1.807, 2.05) is 0 Å². The summed E-state index contributed by atoms with van der Waals surface area (Å²) in [7, 11) is 0.588. The van der Waals surface area contributed by atoms with Gasteiger partial charge in [0.1, 0.15) is 10.6 Å². The van der Waals surface area contributed by atoms with Crippen molar-refractivity contribution in [1.29, 1.82) is 0 Å². The molecular weight excluding hydrogens is 345 g/mol. The molecule has 1 N–H and O–H groups in total. The molecule has 12 heteroatoms. The molecule has 0 aromatic heterocycles. The topological polar surface area (TPSA) is 132 Å². The molecule has 0 saturated heterocycles. The van der Waals surface area contributed by atoms with Crippen molar-refractivity contribution in [3.63, 3.8) is 0 Å². The highest BCUT2D eigenvalue weighted by molar-refractivity contribution is 8.16. The third-order valence-corrected chi connectivity index (χ3v) is 5.08. The largest absolute Gasteiger partial charge is 0.507 e. The van der Waals surface area contributed by atoms with Crippen LogP contribution in [0.2, 0.25) is 0 Å². The van der Waals surface area contributed by atoms with Crippen LogP contribution in [0, 0.1) is 17.0 Å². The fourth-order valence-electron chi connectivity index (χ4n) is 1.37. The summed E-state index contributed by atoms with van der Waals surface area (Å²) in [5.74, 6) is -0.796. The molecule has 1 aromatic carbocycles. The van der Waals surface area contributed by atoms with E-state index in [2.05, 4.69) is 0 Å². The van der Waals surface area contributed by atoms with Crippen LogP contribution in [0.1, 0.15) is 5.56 Å². The van der Waals surface area contributed by atoms with Crippen molar-refractivity contribution in [2.45, 2.75) is 16.7 Å². The molecule has 8 nitrogen and oxygen atoms in total. The van der Waals surface area contributed by atoms with Crippen LogP contribution in [0.4, 0.5) is 5.69 Å². The van der Waals surface area contributed by atoms with Gasteiger partial charge < -0.3 is 5.11 Å². The number of phenolic OH excluding ortho intramolecular Hbond substituents is 1. The van der Waals surface area contributed by atoms with Crippen molar-refractivity contribution >= 4 is 45.2 Å². The van der Waals surface area contributed by atoms with E-state index in [0.717, 1.165) is 6.92 Å². The first-order chi connectivity index (χ1) is 8.37.